The molecule has 0 bridgehead atoms. The smallest absolute Gasteiger partial charge is 0.324 e. The van der Waals surface area contributed by atoms with Crippen LogP contribution in [0.2, 0.25) is 5.02 Å². The van der Waals surface area contributed by atoms with E-state index in [1.165, 1.54) is 0 Å². The molecule has 0 aromatic heterocycles. The van der Waals surface area contributed by atoms with Gasteiger partial charge < -0.3 is 10.6 Å². The molecule has 1 aliphatic heterocycles. The molecule has 0 saturated carbocycles. The van der Waals surface area contributed by atoms with Crippen molar-refractivity contribution in [2.24, 2.45) is 5.73 Å². The highest BCUT2D eigenvalue weighted by Crippen LogP contribution is 2.25. The molecule has 1 aliphatic rings. The molecule has 0 aliphatic carbocycles. The summed E-state index contributed by atoms with van der Waals surface area (Å²) >= 11 is 5.83. The highest BCUT2D eigenvalue weighted by molar-refractivity contribution is 6.30. The van der Waals surface area contributed by atoms with Crippen molar-refractivity contribution >= 4 is 23.3 Å². The van der Waals surface area contributed by atoms with E-state index in [1.54, 1.807) is 21.9 Å². The van der Waals surface area contributed by atoms with Crippen LogP contribution in [0.5, 0.6) is 0 Å². The van der Waals surface area contributed by atoms with Gasteiger partial charge in [-0.15, -0.1) is 0 Å². The van der Waals surface area contributed by atoms with Gasteiger partial charge in [-0.1, -0.05) is 11.6 Å². The lowest BCUT2D eigenvalue weighted by Crippen LogP contribution is -2.32. The molecule has 1 aromatic rings. The molecule has 1 heterocycles. The zero-order chi connectivity index (χ0) is 12.4. The molecule has 1 unspecified atom stereocenters. The maximum Gasteiger partial charge on any atom is 0.324 e. The summed E-state index contributed by atoms with van der Waals surface area (Å²) < 4.78 is 0. The molecule has 2 N–H and O–H groups in total. The summed E-state index contributed by atoms with van der Waals surface area (Å²) in [5, 5.41) is 0.673. The van der Waals surface area contributed by atoms with E-state index in [2.05, 4.69) is 0 Å². The number of nitrogens with zero attached hydrogens (tertiary/aromatic N) is 2. The second kappa shape index (κ2) is 4.94. The van der Waals surface area contributed by atoms with Crippen molar-refractivity contribution in [3.05, 3.63) is 29.3 Å². The minimum atomic E-state index is 0.0192. The number of halogens is 1. The monoisotopic (exact) mass is 253 g/mol. The minimum Gasteiger partial charge on any atom is -0.330 e. The first kappa shape index (κ1) is 12.2. The molecule has 0 radical (unpaired) electrons. The number of rotatable bonds is 3. The van der Waals surface area contributed by atoms with E-state index in [-0.39, 0.29) is 12.1 Å². The van der Waals surface area contributed by atoms with Crippen LogP contribution in [0.25, 0.3) is 0 Å². The van der Waals surface area contributed by atoms with Gasteiger partial charge in [0.15, 0.2) is 0 Å². The number of likely N-dealkylation sites (N-methyl/N-ethyl adjacent to an activating group) is 1. The number of amides is 2. The predicted molar refractivity (Wildman–Crippen MR) is 69.4 cm³/mol. The summed E-state index contributed by atoms with van der Waals surface area (Å²) in [6.07, 6.45) is 0.826. The second-order valence-electron chi connectivity index (χ2n) is 4.21. The van der Waals surface area contributed by atoms with E-state index in [0.29, 0.717) is 18.1 Å². The Labute approximate surface area is 106 Å². The quantitative estimate of drug-likeness (QED) is 0.895. The largest absolute Gasteiger partial charge is 0.330 e. The highest BCUT2D eigenvalue weighted by atomic mass is 35.5. The van der Waals surface area contributed by atoms with Crippen LogP contribution in [-0.4, -0.2) is 37.1 Å². The number of nitrogens with two attached hydrogens (primary N) is 1. The lowest BCUT2D eigenvalue weighted by Gasteiger charge is -2.16. The molecule has 4 nitrogen and oxygen atoms in total. The Morgan fingerprint density at radius 3 is 2.65 bits per heavy atom. The molecule has 0 spiro atoms. The lowest BCUT2D eigenvalue weighted by molar-refractivity contribution is 0.217. The van der Waals surface area contributed by atoms with Gasteiger partial charge in [0.05, 0.1) is 6.04 Å². The summed E-state index contributed by atoms with van der Waals surface area (Å²) in [5.41, 5.74) is 6.43. The van der Waals surface area contributed by atoms with Crippen molar-refractivity contribution in [1.29, 1.82) is 0 Å². The summed E-state index contributed by atoms with van der Waals surface area (Å²) in [6.45, 7) is 1.28. The van der Waals surface area contributed by atoms with Gasteiger partial charge in [0.2, 0.25) is 0 Å². The number of carbonyl (C=O) groups excluding carboxylic acids is 1. The standard InChI is InChI=1S/C12H16ClN3O/c1-15-11(6-7-14)8-16(12(15)17)10-4-2-9(13)3-5-10/h2-5,11H,6-8,14H2,1H3. The van der Waals surface area contributed by atoms with Gasteiger partial charge in [-0.3, -0.25) is 4.90 Å². The van der Waals surface area contributed by atoms with Crippen molar-refractivity contribution in [2.45, 2.75) is 12.5 Å². The van der Waals surface area contributed by atoms with E-state index < -0.39 is 0 Å². The average molecular weight is 254 g/mol. The fourth-order valence-corrected chi connectivity index (χ4v) is 2.20. The average Bonchev–Trinajstić information content (AvgIpc) is 2.59. The third kappa shape index (κ3) is 2.37. The van der Waals surface area contributed by atoms with Crippen LogP contribution in [-0.2, 0) is 0 Å². The normalized spacial score (nSPS) is 20.2. The number of benzene rings is 1. The van der Waals surface area contributed by atoms with Crippen molar-refractivity contribution in [3.63, 3.8) is 0 Å². The number of carbonyl (C=O) groups is 1. The van der Waals surface area contributed by atoms with Gasteiger partial charge in [-0.2, -0.15) is 0 Å². The lowest BCUT2D eigenvalue weighted by atomic mass is 10.2. The van der Waals surface area contributed by atoms with Crippen molar-refractivity contribution in [2.75, 3.05) is 25.0 Å². The predicted octanol–water partition coefficient (Wildman–Crippen LogP) is 1.93. The molecule has 1 atom stereocenters. The molecule has 5 heteroatoms. The SMILES string of the molecule is CN1C(=O)N(c2ccc(Cl)cc2)CC1CCN. The summed E-state index contributed by atoms with van der Waals surface area (Å²) in [7, 11) is 1.82. The third-order valence-electron chi connectivity index (χ3n) is 3.11. The summed E-state index contributed by atoms with van der Waals surface area (Å²) in [5.74, 6) is 0. The van der Waals surface area contributed by atoms with Crippen LogP contribution in [0.4, 0.5) is 10.5 Å². The summed E-state index contributed by atoms with van der Waals surface area (Å²) in [4.78, 5) is 15.6. The van der Waals surface area contributed by atoms with Crippen LogP contribution in [0.15, 0.2) is 24.3 Å². The fraction of sp³-hybridized carbons (Fsp3) is 0.417. The Bertz CT molecular complexity index is 407. The van der Waals surface area contributed by atoms with Crippen LogP contribution < -0.4 is 10.6 Å². The first-order valence-electron chi connectivity index (χ1n) is 5.63. The van der Waals surface area contributed by atoms with Crippen LogP contribution >= 0.6 is 11.6 Å². The van der Waals surface area contributed by atoms with Crippen LogP contribution in [0, 0.1) is 0 Å². The van der Waals surface area contributed by atoms with Gasteiger partial charge in [0.25, 0.3) is 0 Å². The third-order valence-corrected chi connectivity index (χ3v) is 3.36. The Kier molecular flexibility index (Phi) is 3.54. The molecule has 1 aromatic carbocycles. The minimum absolute atomic E-state index is 0.0192. The number of anilines is 1. The molecular weight excluding hydrogens is 238 g/mol. The van der Waals surface area contributed by atoms with E-state index in [4.69, 9.17) is 17.3 Å². The maximum absolute atomic E-state index is 12.1. The van der Waals surface area contributed by atoms with Gasteiger partial charge in [0.1, 0.15) is 0 Å². The van der Waals surface area contributed by atoms with E-state index in [9.17, 15) is 4.79 Å². The van der Waals surface area contributed by atoms with Crippen LogP contribution in [0.3, 0.4) is 0 Å². The van der Waals surface area contributed by atoms with Gasteiger partial charge in [0, 0.05) is 24.3 Å². The highest BCUT2D eigenvalue weighted by Gasteiger charge is 2.34. The molecule has 1 saturated heterocycles. The Hall–Kier alpha value is -1.26. The van der Waals surface area contributed by atoms with Crippen molar-refractivity contribution < 1.29 is 4.79 Å². The van der Waals surface area contributed by atoms with Gasteiger partial charge >= 0.3 is 6.03 Å². The van der Waals surface area contributed by atoms with E-state index in [0.717, 1.165) is 12.1 Å². The Morgan fingerprint density at radius 1 is 1.41 bits per heavy atom. The molecule has 2 rings (SSSR count). The van der Waals surface area contributed by atoms with Crippen molar-refractivity contribution in [3.8, 4) is 0 Å². The molecule has 17 heavy (non-hydrogen) atoms. The van der Waals surface area contributed by atoms with E-state index in [1.807, 2.05) is 19.2 Å². The first-order chi connectivity index (χ1) is 8.13. The maximum atomic E-state index is 12.1. The molecular formula is C12H16ClN3O. The Balaban J connectivity index is 2.17. The topological polar surface area (TPSA) is 49.6 Å². The first-order valence-corrected chi connectivity index (χ1v) is 6.01. The zero-order valence-electron chi connectivity index (χ0n) is 9.77. The Morgan fingerprint density at radius 2 is 2.06 bits per heavy atom. The summed E-state index contributed by atoms with van der Waals surface area (Å²) in [6, 6.07) is 7.52. The number of hydrogen-bond acceptors (Lipinski definition) is 2. The fourth-order valence-electron chi connectivity index (χ4n) is 2.07. The van der Waals surface area contributed by atoms with Gasteiger partial charge in [-0.05, 0) is 37.2 Å². The molecule has 92 valence electrons. The van der Waals surface area contributed by atoms with Crippen molar-refractivity contribution in [1.82, 2.24) is 4.90 Å². The van der Waals surface area contributed by atoms with Gasteiger partial charge in [-0.25, -0.2) is 4.79 Å². The zero-order valence-corrected chi connectivity index (χ0v) is 10.5. The number of urea groups is 1. The van der Waals surface area contributed by atoms with Crippen LogP contribution in [0.1, 0.15) is 6.42 Å². The number of hydrogen-bond donors (Lipinski definition) is 1. The van der Waals surface area contributed by atoms with E-state index >= 15 is 0 Å². The molecule has 1 fully saturated rings. The second-order valence-corrected chi connectivity index (χ2v) is 4.65. The molecule has 2 amide bonds.